The summed E-state index contributed by atoms with van der Waals surface area (Å²) in [7, 11) is 0. The van der Waals surface area contributed by atoms with Crippen LogP contribution in [0.2, 0.25) is 0 Å². The Bertz CT molecular complexity index is 197. The Morgan fingerprint density at radius 2 is 1.93 bits per heavy atom. The van der Waals surface area contributed by atoms with Crippen molar-refractivity contribution in [3.8, 4) is 0 Å². The van der Waals surface area contributed by atoms with E-state index in [0.717, 1.165) is 25.2 Å². The normalized spacial score (nSPS) is 32.0. The average Bonchev–Trinajstić information content (AvgIpc) is 2.56. The van der Waals surface area contributed by atoms with Crippen molar-refractivity contribution in [1.29, 1.82) is 0 Å². The van der Waals surface area contributed by atoms with E-state index in [9.17, 15) is 0 Å². The molecule has 1 saturated carbocycles. The lowest BCUT2D eigenvalue weighted by atomic mass is 9.87. The molecule has 1 heterocycles. The lowest BCUT2D eigenvalue weighted by molar-refractivity contribution is 0.0641. The number of rotatable bonds is 3. The first kappa shape index (κ1) is 11.4. The minimum Gasteiger partial charge on any atom is -0.381 e. The summed E-state index contributed by atoms with van der Waals surface area (Å²) >= 11 is 0. The molecule has 0 amide bonds. The van der Waals surface area contributed by atoms with Crippen molar-refractivity contribution >= 4 is 0 Å². The third-order valence-electron chi connectivity index (χ3n) is 4.25. The fraction of sp³-hybridized carbons (Fsp3) is 1.00. The molecule has 2 rings (SSSR count). The molecule has 0 aromatic carbocycles. The van der Waals surface area contributed by atoms with E-state index in [4.69, 9.17) is 4.74 Å². The molecule has 0 spiro atoms. The van der Waals surface area contributed by atoms with Gasteiger partial charge in [0.2, 0.25) is 0 Å². The highest BCUT2D eigenvalue weighted by Crippen LogP contribution is 2.37. The molecule has 0 bridgehead atoms. The van der Waals surface area contributed by atoms with Gasteiger partial charge in [-0.05, 0) is 43.6 Å². The summed E-state index contributed by atoms with van der Waals surface area (Å²) in [6.45, 7) is 7.96. The van der Waals surface area contributed by atoms with Gasteiger partial charge in [0.05, 0.1) is 0 Å². The predicted molar refractivity (Wildman–Crippen MR) is 63.0 cm³/mol. The highest BCUT2D eigenvalue weighted by Gasteiger charge is 2.34. The van der Waals surface area contributed by atoms with E-state index < -0.39 is 0 Å². The third kappa shape index (κ3) is 2.94. The first-order valence-electron chi connectivity index (χ1n) is 6.49. The molecule has 1 N–H and O–H groups in total. The molecule has 1 aliphatic heterocycles. The highest BCUT2D eigenvalue weighted by molar-refractivity contribution is 4.90. The highest BCUT2D eigenvalue weighted by atomic mass is 16.5. The zero-order valence-corrected chi connectivity index (χ0v) is 10.2. The molecular formula is C13H25NO. The Morgan fingerprint density at radius 3 is 2.53 bits per heavy atom. The fourth-order valence-electron chi connectivity index (χ4n) is 2.96. The van der Waals surface area contributed by atoms with E-state index in [2.05, 4.69) is 19.2 Å². The molecule has 0 aromatic heterocycles. The standard InChI is InChI=1S/C13H25NO/c1-13(2)7-3-4-12(13)14-10-11-5-8-15-9-6-11/h11-12,14H,3-10H2,1-2H3. The van der Waals surface area contributed by atoms with Gasteiger partial charge in [0.15, 0.2) is 0 Å². The van der Waals surface area contributed by atoms with Crippen LogP contribution >= 0.6 is 0 Å². The Hall–Kier alpha value is -0.0800. The smallest absolute Gasteiger partial charge is 0.0469 e. The number of nitrogens with one attached hydrogen (secondary N) is 1. The van der Waals surface area contributed by atoms with Gasteiger partial charge in [-0.2, -0.15) is 0 Å². The van der Waals surface area contributed by atoms with E-state index in [0.29, 0.717) is 5.41 Å². The fourth-order valence-corrected chi connectivity index (χ4v) is 2.96. The van der Waals surface area contributed by atoms with Crippen LogP contribution < -0.4 is 5.32 Å². The molecular weight excluding hydrogens is 186 g/mol. The van der Waals surface area contributed by atoms with Gasteiger partial charge < -0.3 is 10.1 Å². The minimum absolute atomic E-state index is 0.519. The zero-order valence-electron chi connectivity index (χ0n) is 10.2. The van der Waals surface area contributed by atoms with Crippen LogP contribution in [0.25, 0.3) is 0 Å². The van der Waals surface area contributed by atoms with Crippen molar-refractivity contribution < 1.29 is 4.74 Å². The summed E-state index contributed by atoms with van der Waals surface area (Å²) in [5, 5.41) is 3.79. The summed E-state index contributed by atoms with van der Waals surface area (Å²) in [6.07, 6.45) is 6.66. The summed E-state index contributed by atoms with van der Waals surface area (Å²) in [5.41, 5.74) is 0.519. The van der Waals surface area contributed by atoms with Gasteiger partial charge in [-0.3, -0.25) is 0 Å². The molecule has 88 valence electrons. The largest absolute Gasteiger partial charge is 0.381 e. The molecule has 0 radical (unpaired) electrons. The minimum atomic E-state index is 0.519. The van der Waals surface area contributed by atoms with E-state index >= 15 is 0 Å². The Kier molecular flexibility index (Phi) is 3.68. The van der Waals surface area contributed by atoms with E-state index in [1.807, 2.05) is 0 Å². The van der Waals surface area contributed by atoms with Crippen molar-refractivity contribution in [3.05, 3.63) is 0 Å². The lowest BCUT2D eigenvalue weighted by Gasteiger charge is -2.31. The second-order valence-corrected chi connectivity index (χ2v) is 5.90. The summed E-state index contributed by atoms with van der Waals surface area (Å²) in [4.78, 5) is 0. The van der Waals surface area contributed by atoms with Crippen LogP contribution in [0.5, 0.6) is 0 Å². The second kappa shape index (κ2) is 4.84. The molecule has 1 saturated heterocycles. The molecule has 1 aliphatic carbocycles. The Balaban J connectivity index is 1.72. The molecule has 0 aromatic rings. The average molecular weight is 211 g/mol. The summed E-state index contributed by atoms with van der Waals surface area (Å²) in [6, 6.07) is 0.750. The van der Waals surface area contributed by atoms with Crippen LogP contribution in [0, 0.1) is 11.3 Å². The van der Waals surface area contributed by atoms with Gasteiger partial charge in [-0.25, -0.2) is 0 Å². The maximum absolute atomic E-state index is 5.38. The number of hydrogen-bond acceptors (Lipinski definition) is 2. The quantitative estimate of drug-likeness (QED) is 0.774. The van der Waals surface area contributed by atoms with Crippen molar-refractivity contribution in [2.45, 2.75) is 52.0 Å². The SMILES string of the molecule is CC1(C)CCCC1NCC1CCOCC1. The molecule has 1 atom stereocenters. The van der Waals surface area contributed by atoms with Crippen LogP contribution in [0.4, 0.5) is 0 Å². The van der Waals surface area contributed by atoms with Gasteiger partial charge in [-0.1, -0.05) is 20.3 Å². The lowest BCUT2D eigenvalue weighted by Crippen LogP contribution is -2.41. The van der Waals surface area contributed by atoms with Crippen molar-refractivity contribution in [2.75, 3.05) is 19.8 Å². The maximum atomic E-state index is 5.38. The molecule has 2 aliphatic rings. The van der Waals surface area contributed by atoms with Gasteiger partial charge in [0, 0.05) is 19.3 Å². The van der Waals surface area contributed by atoms with Gasteiger partial charge in [-0.15, -0.1) is 0 Å². The number of hydrogen-bond donors (Lipinski definition) is 1. The molecule has 2 fully saturated rings. The van der Waals surface area contributed by atoms with E-state index in [1.54, 1.807) is 0 Å². The van der Waals surface area contributed by atoms with Crippen LogP contribution in [-0.4, -0.2) is 25.8 Å². The maximum Gasteiger partial charge on any atom is 0.0469 e. The second-order valence-electron chi connectivity index (χ2n) is 5.90. The first-order valence-corrected chi connectivity index (χ1v) is 6.49. The van der Waals surface area contributed by atoms with E-state index in [-0.39, 0.29) is 0 Å². The van der Waals surface area contributed by atoms with Crippen molar-refractivity contribution in [3.63, 3.8) is 0 Å². The van der Waals surface area contributed by atoms with Crippen LogP contribution in [0.1, 0.15) is 46.0 Å². The van der Waals surface area contributed by atoms with Crippen molar-refractivity contribution in [1.82, 2.24) is 5.32 Å². The Labute approximate surface area is 93.8 Å². The summed E-state index contributed by atoms with van der Waals surface area (Å²) in [5.74, 6) is 0.857. The topological polar surface area (TPSA) is 21.3 Å². The number of ether oxygens (including phenoxy) is 1. The zero-order chi connectivity index (χ0) is 10.7. The van der Waals surface area contributed by atoms with Crippen molar-refractivity contribution in [2.24, 2.45) is 11.3 Å². The third-order valence-corrected chi connectivity index (χ3v) is 4.25. The monoisotopic (exact) mass is 211 g/mol. The van der Waals surface area contributed by atoms with Crippen LogP contribution in [-0.2, 0) is 4.74 Å². The molecule has 15 heavy (non-hydrogen) atoms. The van der Waals surface area contributed by atoms with Crippen LogP contribution in [0.3, 0.4) is 0 Å². The molecule has 2 nitrogen and oxygen atoms in total. The summed E-state index contributed by atoms with van der Waals surface area (Å²) < 4.78 is 5.38. The van der Waals surface area contributed by atoms with Crippen LogP contribution in [0.15, 0.2) is 0 Å². The predicted octanol–water partition coefficient (Wildman–Crippen LogP) is 2.58. The van der Waals surface area contributed by atoms with Gasteiger partial charge >= 0.3 is 0 Å². The first-order chi connectivity index (χ1) is 7.18. The Morgan fingerprint density at radius 1 is 1.20 bits per heavy atom. The van der Waals surface area contributed by atoms with E-state index in [1.165, 1.54) is 38.6 Å². The van der Waals surface area contributed by atoms with Gasteiger partial charge in [0.25, 0.3) is 0 Å². The van der Waals surface area contributed by atoms with Gasteiger partial charge in [0.1, 0.15) is 0 Å². The molecule has 1 unspecified atom stereocenters. The molecule has 2 heteroatoms.